The lowest BCUT2D eigenvalue weighted by Gasteiger charge is -2.59. The van der Waals surface area contributed by atoms with Gasteiger partial charge in [-0.15, -0.1) is 0 Å². The summed E-state index contributed by atoms with van der Waals surface area (Å²) in [5, 5.41) is 22.1. The monoisotopic (exact) mass is 583 g/mol. The van der Waals surface area contributed by atoms with Gasteiger partial charge < -0.3 is 30.2 Å². The minimum absolute atomic E-state index is 0.0331. The minimum atomic E-state index is -1.33. The normalized spacial score (nSPS) is 39.3. The molecule has 0 aromatic heterocycles. The van der Waals surface area contributed by atoms with Gasteiger partial charge in [0.15, 0.2) is 17.7 Å². The van der Waals surface area contributed by atoms with E-state index in [4.69, 9.17) is 19.9 Å². The summed E-state index contributed by atoms with van der Waals surface area (Å²) in [5.41, 5.74) is 8.38. The molecule has 0 spiro atoms. The third-order valence-electron chi connectivity index (χ3n) is 11.4. The third kappa shape index (κ3) is 4.20. The fourth-order valence-corrected chi connectivity index (χ4v) is 9.48. The Morgan fingerprint density at radius 1 is 1.19 bits per heavy atom. The zero-order chi connectivity index (χ0) is 30.1. The summed E-state index contributed by atoms with van der Waals surface area (Å²) in [5.74, 6) is 0.670. The predicted octanol–water partition coefficient (Wildman–Crippen LogP) is 5.44. The maximum atomic E-state index is 13.8. The maximum Gasteiger partial charge on any atom is 0.193 e. The molecular formula is C36H41NO6. The van der Waals surface area contributed by atoms with Crippen LogP contribution in [-0.2, 0) is 20.9 Å². The highest BCUT2D eigenvalue weighted by atomic mass is 16.7. The number of fused-ring (bicyclic) bond motifs is 7. The van der Waals surface area contributed by atoms with Gasteiger partial charge in [0, 0.05) is 28.0 Å². The van der Waals surface area contributed by atoms with Crippen molar-refractivity contribution in [3.05, 3.63) is 95.6 Å². The second-order valence-corrected chi connectivity index (χ2v) is 13.6. The number of hydrogen-bond acceptors (Lipinski definition) is 7. The molecular weight excluding hydrogens is 542 g/mol. The molecule has 5 aliphatic rings. The largest absolute Gasteiger partial charge is 0.489 e. The van der Waals surface area contributed by atoms with Gasteiger partial charge in [-0.2, -0.15) is 0 Å². The van der Waals surface area contributed by atoms with Gasteiger partial charge in [-0.3, -0.25) is 4.79 Å². The summed E-state index contributed by atoms with van der Waals surface area (Å²) < 4.78 is 19.2. The summed E-state index contributed by atoms with van der Waals surface area (Å²) in [4.78, 5) is 13.8. The molecule has 4 aliphatic carbocycles. The van der Waals surface area contributed by atoms with Crippen LogP contribution in [0.4, 0.5) is 5.69 Å². The molecule has 0 unspecified atom stereocenters. The standard InChI is InChI=1S/C36H41NO6/c1-21-13-14-34(2)24(15-21)9-12-27-28-17-31-36(30(40)19-38,35(28,3)18-29(39)32(27)34)43-33(42-31)23-7-10-26(11-8-23)41-20-22-5-4-6-25(37)16-22/h4-8,10-11,13-16,27-29,31-33,38-39H,1,9,12,17-20,37H2,2-3H3/t27-,28-,29-,31+,32+,33+,34-,35-,36+/m0/s1. The number of aliphatic hydroxyl groups is 2. The van der Waals surface area contributed by atoms with E-state index in [1.54, 1.807) is 0 Å². The first-order valence-electron chi connectivity index (χ1n) is 15.4. The SMILES string of the molecule is C=C1C=C[C@@]2(C)C(=C1)CC[C@@H]1[C@@H]2[C@@H](O)C[C@@]2(C)[C@H]1C[C@H]1O[C@@H](c3ccc(OCc4cccc(N)c4)cc3)O[C@]12C(=O)CO. The van der Waals surface area contributed by atoms with Crippen LogP contribution in [0.1, 0.15) is 56.9 Å². The number of benzene rings is 2. The summed E-state index contributed by atoms with van der Waals surface area (Å²) in [6.07, 6.45) is 7.50. The molecule has 3 saturated carbocycles. The Morgan fingerprint density at radius 2 is 1.98 bits per heavy atom. The third-order valence-corrected chi connectivity index (χ3v) is 11.4. The number of nitrogen functional groups attached to an aromatic ring is 1. The maximum absolute atomic E-state index is 13.8. The number of carbonyl (C=O) groups excluding carboxylic acids is 1. The second-order valence-electron chi connectivity index (χ2n) is 13.6. The fraction of sp³-hybridized carbons (Fsp3) is 0.472. The Labute approximate surface area is 253 Å². The molecule has 7 heteroatoms. The first kappa shape index (κ1) is 28.5. The van der Waals surface area contributed by atoms with E-state index in [1.165, 1.54) is 5.57 Å². The van der Waals surface area contributed by atoms with Gasteiger partial charge in [-0.05, 0) is 72.9 Å². The van der Waals surface area contributed by atoms with Crippen LogP contribution in [0.15, 0.2) is 84.5 Å². The number of carbonyl (C=O) groups is 1. The lowest BCUT2D eigenvalue weighted by atomic mass is 9.46. The van der Waals surface area contributed by atoms with Gasteiger partial charge in [-0.25, -0.2) is 0 Å². The second kappa shape index (κ2) is 10.2. The van der Waals surface area contributed by atoms with Crippen LogP contribution < -0.4 is 10.5 Å². The van der Waals surface area contributed by atoms with Crippen LogP contribution in [-0.4, -0.2) is 40.4 Å². The van der Waals surface area contributed by atoms with E-state index in [0.29, 0.717) is 30.9 Å². The zero-order valence-electron chi connectivity index (χ0n) is 24.9. The smallest absolute Gasteiger partial charge is 0.193 e. The molecule has 7 nitrogen and oxygen atoms in total. The van der Waals surface area contributed by atoms with Gasteiger partial charge >= 0.3 is 0 Å². The van der Waals surface area contributed by atoms with E-state index in [-0.39, 0.29) is 29.0 Å². The molecule has 9 atom stereocenters. The molecule has 1 aliphatic heterocycles. The number of rotatable bonds is 6. The molecule has 0 amide bonds. The highest BCUT2D eigenvalue weighted by Crippen LogP contribution is 2.70. The average Bonchev–Trinajstić information content (AvgIpc) is 3.49. The number of hydrogen-bond donors (Lipinski definition) is 3. The lowest BCUT2D eigenvalue weighted by molar-refractivity contribution is -0.201. The molecule has 4 fully saturated rings. The molecule has 43 heavy (non-hydrogen) atoms. The summed E-state index contributed by atoms with van der Waals surface area (Å²) >= 11 is 0. The van der Waals surface area contributed by atoms with Gasteiger partial charge in [0.2, 0.25) is 0 Å². The van der Waals surface area contributed by atoms with Crippen molar-refractivity contribution in [1.82, 2.24) is 0 Å². The zero-order valence-corrected chi connectivity index (χ0v) is 24.9. The van der Waals surface area contributed by atoms with E-state index in [2.05, 4.69) is 38.7 Å². The van der Waals surface area contributed by atoms with Crippen LogP contribution in [0.25, 0.3) is 0 Å². The molecule has 4 N–H and O–H groups in total. The number of allylic oxidation sites excluding steroid dienone is 5. The van der Waals surface area contributed by atoms with Crippen molar-refractivity contribution in [2.24, 2.45) is 28.6 Å². The van der Waals surface area contributed by atoms with Gasteiger partial charge in [0.1, 0.15) is 19.0 Å². The van der Waals surface area contributed by atoms with Crippen LogP contribution in [0.2, 0.25) is 0 Å². The average molecular weight is 584 g/mol. The summed E-state index contributed by atoms with van der Waals surface area (Å²) in [7, 11) is 0. The van der Waals surface area contributed by atoms with Crippen molar-refractivity contribution in [2.75, 3.05) is 12.3 Å². The molecule has 0 bridgehead atoms. The molecule has 2 aromatic rings. The van der Waals surface area contributed by atoms with E-state index in [1.807, 2.05) is 48.5 Å². The Balaban J connectivity index is 1.14. The van der Waals surface area contributed by atoms with Gasteiger partial charge in [0.25, 0.3) is 0 Å². The predicted molar refractivity (Wildman–Crippen MR) is 163 cm³/mol. The quantitative estimate of drug-likeness (QED) is 0.389. The first-order chi connectivity index (χ1) is 20.6. The molecule has 0 radical (unpaired) electrons. The Hall–Kier alpha value is -3.23. The molecule has 7 rings (SSSR count). The number of Topliss-reactive ketones (excluding diaryl/α,β-unsaturated/α-hetero) is 1. The molecule has 226 valence electrons. The molecule has 2 aromatic carbocycles. The summed E-state index contributed by atoms with van der Waals surface area (Å²) in [6, 6.07) is 15.1. The number of anilines is 1. The topological polar surface area (TPSA) is 111 Å². The van der Waals surface area contributed by atoms with E-state index in [9.17, 15) is 15.0 Å². The highest BCUT2D eigenvalue weighted by molar-refractivity contribution is 5.91. The van der Waals surface area contributed by atoms with Crippen molar-refractivity contribution in [3.8, 4) is 5.75 Å². The van der Waals surface area contributed by atoms with Gasteiger partial charge in [-0.1, -0.05) is 68.5 Å². The van der Waals surface area contributed by atoms with Crippen LogP contribution in [0, 0.1) is 28.6 Å². The van der Waals surface area contributed by atoms with E-state index >= 15 is 0 Å². The van der Waals surface area contributed by atoms with Crippen LogP contribution >= 0.6 is 0 Å². The van der Waals surface area contributed by atoms with Crippen molar-refractivity contribution < 1.29 is 29.2 Å². The van der Waals surface area contributed by atoms with Crippen molar-refractivity contribution in [1.29, 1.82) is 0 Å². The number of ketones is 1. The molecule has 1 saturated heterocycles. The van der Waals surface area contributed by atoms with E-state index < -0.39 is 36.1 Å². The van der Waals surface area contributed by atoms with Crippen LogP contribution in [0.5, 0.6) is 5.75 Å². The summed E-state index contributed by atoms with van der Waals surface area (Å²) in [6.45, 7) is 8.20. The number of nitrogens with two attached hydrogens (primary N) is 1. The highest BCUT2D eigenvalue weighted by Gasteiger charge is 2.75. The Morgan fingerprint density at radius 3 is 2.72 bits per heavy atom. The number of aliphatic hydroxyl groups excluding tert-OH is 2. The van der Waals surface area contributed by atoms with Crippen molar-refractivity contribution in [2.45, 2.75) is 70.2 Å². The fourth-order valence-electron chi connectivity index (χ4n) is 9.48. The van der Waals surface area contributed by atoms with Crippen molar-refractivity contribution >= 4 is 11.5 Å². The lowest BCUT2D eigenvalue weighted by Crippen LogP contribution is -2.63. The molecule has 1 heterocycles. The first-order valence-corrected chi connectivity index (χ1v) is 15.4. The van der Waals surface area contributed by atoms with Crippen LogP contribution in [0.3, 0.4) is 0 Å². The number of ether oxygens (including phenoxy) is 3. The minimum Gasteiger partial charge on any atom is -0.489 e. The van der Waals surface area contributed by atoms with Crippen molar-refractivity contribution in [3.63, 3.8) is 0 Å². The van der Waals surface area contributed by atoms with Gasteiger partial charge in [0.05, 0.1) is 12.2 Å². The Bertz CT molecular complexity index is 1510. The van der Waals surface area contributed by atoms with E-state index in [0.717, 1.165) is 29.5 Å². The Kier molecular flexibility index (Phi) is 6.74.